The van der Waals surface area contributed by atoms with Crippen molar-refractivity contribution in [2.24, 2.45) is 7.05 Å². The first-order valence-electron chi connectivity index (χ1n) is 6.92. The first kappa shape index (κ1) is 18.3. The molecule has 121 valence electrons. The average molecular weight is 400 g/mol. The van der Waals surface area contributed by atoms with E-state index in [2.05, 4.69) is 27.2 Å². The van der Waals surface area contributed by atoms with Crippen molar-refractivity contribution in [2.75, 3.05) is 0 Å². The largest absolute Gasteiger partial charge is 0.579 e. The van der Waals surface area contributed by atoms with Crippen LogP contribution in [0.2, 0.25) is 0 Å². The number of tetrazole rings is 1. The summed E-state index contributed by atoms with van der Waals surface area (Å²) in [6.45, 7) is 6.08. The third-order valence-electron chi connectivity index (χ3n) is 3.37. The Bertz CT molecular complexity index is 897. The van der Waals surface area contributed by atoms with Gasteiger partial charge in [0.25, 0.3) is 0 Å². The van der Waals surface area contributed by atoms with Gasteiger partial charge in [0.05, 0.1) is 5.69 Å². The van der Waals surface area contributed by atoms with Gasteiger partial charge < -0.3 is 14.9 Å². The molecule has 8 nitrogen and oxygen atoms in total. The van der Waals surface area contributed by atoms with Crippen LogP contribution in [0.4, 0.5) is 0 Å². The van der Waals surface area contributed by atoms with Gasteiger partial charge in [-0.15, -0.1) is 0 Å². The van der Waals surface area contributed by atoms with E-state index in [1.54, 1.807) is 25.4 Å². The molecule has 0 amide bonds. The molecule has 2 aromatic heterocycles. The molecule has 24 heavy (non-hydrogen) atoms. The van der Waals surface area contributed by atoms with E-state index in [1.807, 2.05) is 19.1 Å². The van der Waals surface area contributed by atoms with Crippen LogP contribution >= 0.6 is 0 Å². The van der Waals surface area contributed by atoms with Crippen LogP contribution < -0.4 is 15.5 Å². The molecular weight excluding hydrogens is 385 g/mol. The summed E-state index contributed by atoms with van der Waals surface area (Å²) in [7, 11) is 1.55. The van der Waals surface area contributed by atoms with Crippen LogP contribution in [0.3, 0.4) is 0 Å². The molecule has 3 aromatic rings. The minimum atomic E-state index is -0.335. The molecule has 0 spiro atoms. The van der Waals surface area contributed by atoms with Crippen LogP contribution in [0, 0.1) is 0 Å². The molecule has 0 aliphatic carbocycles. The van der Waals surface area contributed by atoms with Crippen LogP contribution in [0.25, 0.3) is 11.3 Å². The monoisotopic (exact) mass is 400 g/mol. The SMILES string of the molecule is C=C(C)c1cccc(-n2nnn(C)c2=O)c1COc1cc[n-]n1.[Y]. The van der Waals surface area contributed by atoms with Crippen molar-refractivity contribution in [2.45, 2.75) is 13.5 Å². The molecule has 0 saturated carbocycles. The van der Waals surface area contributed by atoms with E-state index >= 15 is 0 Å². The molecule has 1 aromatic carbocycles. The van der Waals surface area contributed by atoms with Crippen LogP contribution in [-0.4, -0.2) is 24.9 Å². The fourth-order valence-electron chi connectivity index (χ4n) is 2.23. The molecule has 0 unspecified atom stereocenters. The second kappa shape index (κ2) is 7.68. The Morgan fingerprint density at radius 3 is 2.71 bits per heavy atom. The Morgan fingerprint density at radius 2 is 2.12 bits per heavy atom. The number of allylic oxidation sites excluding steroid dienone is 1. The molecule has 0 aliphatic heterocycles. The summed E-state index contributed by atoms with van der Waals surface area (Å²) in [5, 5.41) is 15.2. The van der Waals surface area contributed by atoms with Crippen molar-refractivity contribution < 1.29 is 37.4 Å². The molecule has 0 fully saturated rings. The number of ether oxygens (including phenoxy) is 1. The number of aromatic nitrogens is 6. The predicted octanol–water partition coefficient (Wildman–Crippen LogP) is 0.928. The molecule has 1 radical (unpaired) electrons. The Hall–Kier alpha value is -2.06. The minimum absolute atomic E-state index is 0. The van der Waals surface area contributed by atoms with Gasteiger partial charge in [-0.2, -0.15) is 15.6 Å². The summed E-state index contributed by atoms with van der Waals surface area (Å²) in [4.78, 5) is 12.2. The van der Waals surface area contributed by atoms with Crippen molar-refractivity contribution in [1.82, 2.24) is 30.0 Å². The van der Waals surface area contributed by atoms with E-state index in [-0.39, 0.29) is 45.0 Å². The maximum absolute atomic E-state index is 12.2. The first-order chi connectivity index (χ1) is 11.1. The number of hydrogen-bond acceptors (Lipinski definition) is 5. The molecule has 0 bridgehead atoms. The predicted molar refractivity (Wildman–Crippen MR) is 83.2 cm³/mol. The summed E-state index contributed by atoms with van der Waals surface area (Å²) in [6.07, 6.45) is 1.55. The Labute approximate surface area is 163 Å². The number of nitrogens with zero attached hydrogens (tertiary/aromatic N) is 6. The summed E-state index contributed by atoms with van der Waals surface area (Å²) in [5.41, 5.74) is 2.79. The van der Waals surface area contributed by atoms with Gasteiger partial charge in [-0.1, -0.05) is 24.3 Å². The smallest absolute Gasteiger partial charge is 0.368 e. The molecule has 9 heteroatoms. The molecule has 0 N–H and O–H groups in total. The van der Waals surface area contributed by atoms with Gasteiger partial charge in [0, 0.05) is 45.3 Å². The van der Waals surface area contributed by atoms with Crippen LogP contribution in [0.5, 0.6) is 5.88 Å². The molecule has 0 atom stereocenters. The number of rotatable bonds is 5. The van der Waals surface area contributed by atoms with Gasteiger partial charge in [-0.25, -0.2) is 4.79 Å². The van der Waals surface area contributed by atoms with Gasteiger partial charge in [-0.3, -0.25) is 0 Å². The van der Waals surface area contributed by atoms with Crippen molar-refractivity contribution in [3.8, 4) is 11.6 Å². The molecule has 2 heterocycles. The summed E-state index contributed by atoms with van der Waals surface area (Å²) >= 11 is 0. The Morgan fingerprint density at radius 1 is 1.33 bits per heavy atom. The topological polar surface area (TPSA) is 88.9 Å². The van der Waals surface area contributed by atoms with E-state index in [4.69, 9.17) is 4.74 Å². The quantitative estimate of drug-likeness (QED) is 0.633. The second-order valence-corrected chi connectivity index (χ2v) is 5.04. The van der Waals surface area contributed by atoms with Crippen molar-refractivity contribution in [3.63, 3.8) is 0 Å². The Balaban J connectivity index is 0.00000208. The molecular formula is C15H15N6O2Y-. The number of aryl methyl sites for hydroxylation is 1. The molecule has 3 rings (SSSR count). The van der Waals surface area contributed by atoms with Crippen molar-refractivity contribution in [3.05, 3.63) is 58.7 Å². The summed E-state index contributed by atoms with van der Waals surface area (Å²) < 4.78 is 8.05. The van der Waals surface area contributed by atoms with Crippen molar-refractivity contribution >= 4 is 5.57 Å². The number of hydrogen-bond donors (Lipinski definition) is 0. The fraction of sp³-hybridized carbons (Fsp3) is 0.200. The average Bonchev–Trinajstić information content (AvgIpc) is 3.16. The maximum Gasteiger partial charge on any atom is 0.368 e. The van der Waals surface area contributed by atoms with E-state index in [0.717, 1.165) is 16.7 Å². The zero-order chi connectivity index (χ0) is 16.4. The number of benzene rings is 1. The third-order valence-corrected chi connectivity index (χ3v) is 3.37. The normalized spacial score (nSPS) is 10.2. The zero-order valence-electron chi connectivity index (χ0n) is 13.4. The van der Waals surface area contributed by atoms with E-state index in [0.29, 0.717) is 11.6 Å². The van der Waals surface area contributed by atoms with Gasteiger partial charge in [0.2, 0.25) is 0 Å². The van der Waals surface area contributed by atoms with E-state index in [1.165, 1.54) is 9.36 Å². The first-order valence-corrected chi connectivity index (χ1v) is 6.92. The van der Waals surface area contributed by atoms with Crippen LogP contribution in [0.1, 0.15) is 18.1 Å². The molecule has 0 saturated heterocycles. The minimum Gasteiger partial charge on any atom is -0.579 e. The summed E-state index contributed by atoms with van der Waals surface area (Å²) in [5.74, 6) is 0.416. The van der Waals surface area contributed by atoms with E-state index < -0.39 is 0 Å². The van der Waals surface area contributed by atoms with Gasteiger partial charge >= 0.3 is 5.69 Å². The fourth-order valence-corrected chi connectivity index (χ4v) is 2.23. The van der Waals surface area contributed by atoms with Crippen LogP contribution in [0.15, 0.2) is 41.8 Å². The van der Waals surface area contributed by atoms with Gasteiger partial charge in [0.1, 0.15) is 6.61 Å². The molecule has 0 aliphatic rings. The van der Waals surface area contributed by atoms with E-state index in [9.17, 15) is 4.79 Å². The second-order valence-electron chi connectivity index (χ2n) is 5.04. The Kier molecular flexibility index (Phi) is 5.85. The standard InChI is InChI=1S/C15H15N6O2.Y/c1-10(2)11-5-4-6-13(21-15(22)20(3)18-19-21)12(11)9-23-14-7-8-16-17-14;/h4-8H,1,9H2,2-3H3;/q-1;. The summed E-state index contributed by atoms with van der Waals surface area (Å²) in [6, 6.07) is 7.21. The van der Waals surface area contributed by atoms with Gasteiger partial charge in [-0.05, 0) is 35.0 Å². The van der Waals surface area contributed by atoms with Crippen molar-refractivity contribution in [1.29, 1.82) is 0 Å². The van der Waals surface area contributed by atoms with Gasteiger partial charge in [0.15, 0.2) is 5.88 Å². The third kappa shape index (κ3) is 3.54. The maximum atomic E-state index is 12.2. The van der Waals surface area contributed by atoms with Crippen LogP contribution in [-0.2, 0) is 46.4 Å². The zero-order valence-corrected chi connectivity index (χ0v) is 16.2.